The summed E-state index contributed by atoms with van der Waals surface area (Å²) in [4.78, 5) is 12.7. The molecule has 1 aromatic carbocycles. The molecule has 1 heterocycles. The molecule has 1 aliphatic carbocycles. The topological polar surface area (TPSA) is 42.9 Å². The van der Waals surface area contributed by atoms with Crippen LogP contribution in [-0.2, 0) is 0 Å². The van der Waals surface area contributed by atoms with E-state index in [1.54, 1.807) is 6.20 Å². The van der Waals surface area contributed by atoms with Crippen molar-refractivity contribution in [3.05, 3.63) is 47.0 Å². The van der Waals surface area contributed by atoms with E-state index in [1.165, 1.54) is 17.1 Å². The van der Waals surface area contributed by atoms with Crippen LogP contribution in [0.2, 0.25) is 0 Å². The lowest BCUT2D eigenvalue weighted by Crippen LogP contribution is -2.00. The van der Waals surface area contributed by atoms with Gasteiger partial charge in [-0.2, -0.15) is 0 Å². The molecule has 1 fully saturated rings. The van der Waals surface area contributed by atoms with Crippen molar-refractivity contribution >= 4 is 17.3 Å². The molecule has 2 aromatic rings. The zero-order valence-corrected chi connectivity index (χ0v) is 9.35. The Morgan fingerprint density at radius 1 is 1.31 bits per heavy atom. The van der Waals surface area contributed by atoms with Gasteiger partial charge in [0.2, 0.25) is 0 Å². The molecule has 0 N–H and O–H groups in total. The lowest BCUT2D eigenvalue weighted by molar-refractivity contribution is 0.0969. The van der Waals surface area contributed by atoms with Gasteiger partial charge in [0.15, 0.2) is 5.78 Å². The highest BCUT2D eigenvalue weighted by atomic mass is 32.1. The summed E-state index contributed by atoms with van der Waals surface area (Å²) in [6.45, 7) is 0. The van der Waals surface area contributed by atoms with Gasteiger partial charge in [0.1, 0.15) is 4.88 Å². The molecule has 1 aromatic heterocycles. The Hall–Kier alpha value is -1.55. The van der Waals surface area contributed by atoms with E-state index in [9.17, 15) is 4.79 Å². The van der Waals surface area contributed by atoms with Crippen LogP contribution in [0.1, 0.15) is 27.6 Å². The number of ketones is 1. The number of benzene rings is 1. The van der Waals surface area contributed by atoms with Crippen LogP contribution in [0.5, 0.6) is 0 Å². The molecular formula is C12H10N2OS. The highest BCUT2D eigenvalue weighted by molar-refractivity contribution is 7.07. The molecule has 0 bridgehead atoms. The lowest BCUT2D eigenvalue weighted by atomic mass is 10.1. The van der Waals surface area contributed by atoms with E-state index in [2.05, 4.69) is 21.7 Å². The van der Waals surface area contributed by atoms with Crippen LogP contribution in [-0.4, -0.2) is 15.4 Å². The number of rotatable bonds is 3. The molecule has 4 heteroatoms. The van der Waals surface area contributed by atoms with Crippen molar-refractivity contribution in [2.75, 3.05) is 0 Å². The summed E-state index contributed by atoms with van der Waals surface area (Å²) in [5.74, 6) is 0.740. The second-order valence-electron chi connectivity index (χ2n) is 4.01. The molecule has 0 spiro atoms. The molecule has 16 heavy (non-hydrogen) atoms. The first-order valence-corrected chi connectivity index (χ1v) is 6.00. The first kappa shape index (κ1) is 9.66. The van der Waals surface area contributed by atoms with Gasteiger partial charge in [0.05, 0.1) is 6.20 Å². The van der Waals surface area contributed by atoms with Gasteiger partial charge < -0.3 is 0 Å². The highest BCUT2D eigenvalue weighted by Gasteiger charge is 2.44. The predicted molar refractivity (Wildman–Crippen MR) is 61.5 cm³/mol. The monoisotopic (exact) mass is 230 g/mol. The molecule has 2 unspecified atom stereocenters. The minimum Gasteiger partial charge on any atom is -0.293 e. The quantitative estimate of drug-likeness (QED) is 0.761. The third-order valence-electron chi connectivity index (χ3n) is 2.96. The Labute approximate surface area is 97.3 Å². The molecule has 1 aliphatic rings. The van der Waals surface area contributed by atoms with E-state index >= 15 is 0 Å². The summed E-state index contributed by atoms with van der Waals surface area (Å²) in [6, 6.07) is 10.2. The van der Waals surface area contributed by atoms with Gasteiger partial charge in [-0.15, -0.1) is 5.10 Å². The molecule has 0 amide bonds. The first-order chi connectivity index (χ1) is 7.86. The third-order valence-corrected chi connectivity index (χ3v) is 3.64. The number of hydrogen-bond acceptors (Lipinski definition) is 4. The van der Waals surface area contributed by atoms with E-state index < -0.39 is 0 Å². The Balaban J connectivity index is 1.75. The van der Waals surface area contributed by atoms with Crippen LogP contribution < -0.4 is 0 Å². The number of nitrogens with zero attached hydrogens (tertiary/aromatic N) is 2. The van der Waals surface area contributed by atoms with Crippen molar-refractivity contribution in [1.82, 2.24) is 9.59 Å². The third kappa shape index (κ3) is 1.65. The first-order valence-electron chi connectivity index (χ1n) is 5.23. The van der Waals surface area contributed by atoms with Gasteiger partial charge in [0, 0.05) is 5.92 Å². The van der Waals surface area contributed by atoms with Gasteiger partial charge in [-0.05, 0) is 29.4 Å². The van der Waals surface area contributed by atoms with Crippen molar-refractivity contribution in [3.8, 4) is 0 Å². The highest BCUT2D eigenvalue weighted by Crippen LogP contribution is 2.49. The van der Waals surface area contributed by atoms with Crippen LogP contribution >= 0.6 is 11.5 Å². The maximum Gasteiger partial charge on any atom is 0.179 e. The van der Waals surface area contributed by atoms with Gasteiger partial charge >= 0.3 is 0 Å². The summed E-state index contributed by atoms with van der Waals surface area (Å²) >= 11 is 1.19. The fraction of sp³-hybridized carbons (Fsp3) is 0.250. The second kappa shape index (κ2) is 3.79. The second-order valence-corrected chi connectivity index (χ2v) is 4.79. The number of hydrogen-bond donors (Lipinski definition) is 0. The van der Waals surface area contributed by atoms with Crippen LogP contribution in [0.25, 0.3) is 0 Å². The fourth-order valence-corrected chi connectivity index (χ4v) is 2.53. The summed E-state index contributed by atoms with van der Waals surface area (Å²) in [5, 5.41) is 3.70. The Kier molecular flexibility index (Phi) is 2.29. The van der Waals surface area contributed by atoms with Crippen molar-refractivity contribution in [1.29, 1.82) is 0 Å². The maximum absolute atomic E-state index is 12.0. The normalized spacial score (nSPS) is 23.0. The van der Waals surface area contributed by atoms with Crippen molar-refractivity contribution in [2.45, 2.75) is 12.3 Å². The van der Waals surface area contributed by atoms with E-state index in [-0.39, 0.29) is 11.7 Å². The fourth-order valence-electron chi connectivity index (χ4n) is 2.01. The summed E-state index contributed by atoms with van der Waals surface area (Å²) in [5.41, 5.74) is 1.26. The number of Topliss-reactive ketones (excluding diaryl/α,β-unsaturated/α-hetero) is 1. The van der Waals surface area contributed by atoms with Crippen LogP contribution in [0.3, 0.4) is 0 Å². The molecule has 1 saturated carbocycles. The molecule has 3 rings (SSSR count). The van der Waals surface area contributed by atoms with E-state index in [0.717, 1.165) is 6.42 Å². The maximum atomic E-state index is 12.0. The zero-order chi connectivity index (χ0) is 11.0. The molecule has 0 aliphatic heterocycles. The smallest absolute Gasteiger partial charge is 0.179 e. The summed E-state index contributed by atoms with van der Waals surface area (Å²) in [6.07, 6.45) is 2.52. The summed E-state index contributed by atoms with van der Waals surface area (Å²) in [7, 11) is 0. The molecule has 2 atom stereocenters. The average Bonchev–Trinajstić information content (AvgIpc) is 2.95. The van der Waals surface area contributed by atoms with E-state index in [1.807, 2.05) is 18.2 Å². The lowest BCUT2D eigenvalue weighted by Gasteiger charge is -1.97. The van der Waals surface area contributed by atoms with Crippen molar-refractivity contribution < 1.29 is 4.79 Å². The molecule has 0 saturated heterocycles. The largest absolute Gasteiger partial charge is 0.293 e. The van der Waals surface area contributed by atoms with Gasteiger partial charge in [-0.1, -0.05) is 34.8 Å². The van der Waals surface area contributed by atoms with Crippen molar-refractivity contribution in [3.63, 3.8) is 0 Å². The minimum absolute atomic E-state index is 0.143. The van der Waals surface area contributed by atoms with Gasteiger partial charge in [0.25, 0.3) is 0 Å². The molecule has 0 radical (unpaired) electrons. The Bertz CT molecular complexity index is 495. The number of aromatic nitrogens is 2. The zero-order valence-electron chi connectivity index (χ0n) is 8.54. The average molecular weight is 230 g/mol. The molecule has 3 nitrogen and oxygen atoms in total. The molecular weight excluding hydrogens is 220 g/mol. The van der Waals surface area contributed by atoms with Crippen molar-refractivity contribution in [2.24, 2.45) is 5.92 Å². The predicted octanol–water partition coefficient (Wildman–Crippen LogP) is 2.52. The Morgan fingerprint density at radius 3 is 2.81 bits per heavy atom. The summed E-state index contributed by atoms with van der Waals surface area (Å²) < 4.78 is 3.72. The van der Waals surface area contributed by atoms with Crippen LogP contribution in [0.15, 0.2) is 36.5 Å². The molecule has 80 valence electrons. The minimum atomic E-state index is 0.143. The standard InChI is InChI=1S/C12H10N2OS/c15-12(11-7-13-14-16-11)10-6-9(10)8-4-2-1-3-5-8/h1-5,7,9-10H,6H2. The number of carbonyl (C=O) groups excluding carboxylic acids is 1. The van der Waals surface area contributed by atoms with E-state index in [4.69, 9.17) is 0 Å². The van der Waals surface area contributed by atoms with Gasteiger partial charge in [-0.3, -0.25) is 4.79 Å². The van der Waals surface area contributed by atoms with Crippen LogP contribution in [0, 0.1) is 5.92 Å². The van der Waals surface area contributed by atoms with E-state index in [0.29, 0.717) is 10.8 Å². The van der Waals surface area contributed by atoms with Crippen LogP contribution in [0.4, 0.5) is 0 Å². The SMILES string of the molecule is O=C(c1cnns1)C1CC1c1ccccc1. The number of carbonyl (C=O) groups is 1. The van der Waals surface area contributed by atoms with Gasteiger partial charge in [-0.25, -0.2) is 0 Å². The Morgan fingerprint density at radius 2 is 2.12 bits per heavy atom.